The third-order valence-corrected chi connectivity index (χ3v) is 6.66. The summed E-state index contributed by atoms with van der Waals surface area (Å²) in [5.74, 6) is 0.446. The number of piperazine rings is 1. The smallest absolute Gasteiger partial charge is 0.0688 e. The SMILES string of the molecule is CN1CCN(CC2CCCCCCC2(O)CCCc2ccccc2)CC1. The average Bonchev–Trinajstić information content (AvgIpc) is 2.64. The highest BCUT2D eigenvalue weighted by molar-refractivity contribution is 5.14. The molecular formula is C23H38N2O. The zero-order chi connectivity index (χ0) is 18.2. The van der Waals surface area contributed by atoms with Gasteiger partial charge in [-0.25, -0.2) is 0 Å². The van der Waals surface area contributed by atoms with Gasteiger partial charge in [0.15, 0.2) is 0 Å². The maximum atomic E-state index is 11.7. The number of hydrogen-bond acceptors (Lipinski definition) is 3. The lowest BCUT2D eigenvalue weighted by atomic mass is 9.74. The van der Waals surface area contributed by atoms with Gasteiger partial charge in [0.05, 0.1) is 5.60 Å². The Kier molecular flexibility index (Phi) is 7.53. The first kappa shape index (κ1) is 19.9. The summed E-state index contributed by atoms with van der Waals surface area (Å²) in [4.78, 5) is 5.02. The molecule has 1 aromatic rings. The normalized spacial score (nSPS) is 29.2. The van der Waals surface area contributed by atoms with Gasteiger partial charge >= 0.3 is 0 Å². The summed E-state index contributed by atoms with van der Waals surface area (Å²) in [6, 6.07) is 10.7. The van der Waals surface area contributed by atoms with E-state index in [0.717, 1.165) is 45.3 Å². The Morgan fingerprint density at radius 3 is 2.50 bits per heavy atom. The number of hydrogen-bond donors (Lipinski definition) is 1. The van der Waals surface area contributed by atoms with Crippen LogP contribution in [-0.2, 0) is 6.42 Å². The first-order valence-electron chi connectivity index (χ1n) is 10.8. The third kappa shape index (κ3) is 5.80. The highest BCUT2D eigenvalue weighted by Gasteiger charge is 2.37. The highest BCUT2D eigenvalue weighted by atomic mass is 16.3. The Labute approximate surface area is 160 Å². The average molecular weight is 359 g/mol. The van der Waals surface area contributed by atoms with E-state index in [0.29, 0.717) is 5.92 Å². The molecule has 3 nitrogen and oxygen atoms in total. The van der Waals surface area contributed by atoms with Crippen LogP contribution in [0.5, 0.6) is 0 Å². The van der Waals surface area contributed by atoms with Crippen molar-refractivity contribution in [1.82, 2.24) is 9.80 Å². The molecule has 0 bridgehead atoms. The van der Waals surface area contributed by atoms with Gasteiger partial charge in [-0.3, -0.25) is 0 Å². The largest absolute Gasteiger partial charge is 0.390 e. The molecule has 1 saturated heterocycles. The summed E-state index contributed by atoms with van der Waals surface area (Å²) >= 11 is 0. The van der Waals surface area contributed by atoms with Gasteiger partial charge in [0.25, 0.3) is 0 Å². The molecule has 3 heteroatoms. The van der Waals surface area contributed by atoms with Crippen LogP contribution in [0.3, 0.4) is 0 Å². The molecule has 0 spiro atoms. The van der Waals surface area contributed by atoms with E-state index in [9.17, 15) is 5.11 Å². The van der Waals surface area contributed by atoms with Crippen molar-refractivity contribution in [3.63, 3.8) is 0 Å². The van der Waals surface area contributed by atoms with Crippen molar-refractivity contribution >= 4 is 0 Å². The second-order valence-corrected chi connectivity index (χ2v) is 8.70. The fourth-order valence-electron chi connectivity index (χ4n) is 4.82. The minimum absolute atomic E-state index is 0.446. The molecule has 2 atom stereocenters. The predicted octanol–water partition coefficient (Wildman–Crippen LogP) is 3.96. The van der Waals surface area contributed by atoms with Crippen molar-refractivity contribution in [2.75, 3.05) is 39.8 Å². The summed E-state index contributed by atoms with van der Waals surface area (Å²) in [6.07, 6.45) is 10.5. The van der Waals surface area contributed by atoms with Gasteiger partial charge in [0.2, 0.25) is 0 Å². The predicted molar refractivity (Wildman–Crippen MR) is 109 cm³/mol. The molecule has 2 fully saturated rings. The Balaban J connectivity index is 1.58. The van der Waals surface area contributed by atoms with Crippen LogP contribution in [0.25, 0.3) is 0 Å². The molecule has 1 N–H and O–H groups in total. The molecule has 0 aromatic heterocycles. The van der Waals surface area contributed by atoms with Gasteiger partial charge in [-0.1, -0.05) is 56.0 Å². The fourth-order valence-corrected chi connectivity index (χ4v) is 4.82. The van der Waals surface area contributed by atoms with E-state index in [1.165, 1.54) is 50.8 Å². The number of likely N-dealkylation sites (N-methyl/N-ethyl adjacent to an activating group) is 1. The van der Waals surface area contributed by atoms with Crippen molar-refractivity contribution < 1.29 is 5.11 Å². The van der Waals surface area contributed by atoms with Gasteiger partial charge < -0.3 is 14.9 Å². The van der Waals surface area contributed by atoms with E-state index in [4.69, 9.17) is 0 Å². The molecule has 1 aliphatic carbocycles. The van der Waals surface area contributed by atoms with Crippen molar-refractivity contribution in [2.24, 2.45) is 5.92 Å². The number of aliphatic hydroxyl groups is 1. The fraction of sp³-hybridized carbons (Fsp3) is 0.739. The van der Waals surface area contributed by atoms with Crippen molar-refractivity contribution in [2.45, 2.75) is 63.4 Å². The van der Waals surface area contributed by atoms with Gasteiger partial charge in [0, 0.05) is 38.6 Å². The molecule has 2 unspecified atom stereocenters. The lowest BCUT2D eigenvalue weighted by Crippen LogP contribution is -2.50. The zero-order valence-corrected chi connectivity index (χ0v) is 16.7. The maximum Gasteiger partial charge on any atom is 0.0688 e. The van der Waals surface area contributed by atoms with Crippen LogP contribution in [-0.4, -0.2) is 60.3 Å². The van der Waals surface area contributed by atoms with Crippen molar-refractivity contribution in [1.29, 1.82) is 0 Å². The Hall–Kier alpha value is -0.900. The molecule has 2 aliphatic rings. The molecule has 1 heterocycles. The van der Waals surface area contributed by atoms with Gasteiger partial charge in [-0.05, 0) is 44.7 Å². The number of nitrogens with zero attached hydrogens (tertiary/aromatic N) is 2. The van der Waals surface area contributed by atoms with Crippen LogP contribution < -0.4 is 0 Å². The summed E-state index contributed by atoms with van der Waals surface area (Å²) in [7, 11) is 2.22. The van der Waals surface area contributed by atoms with E-state index in [2.05, 4.69) is 47.2 Å². The molecule has 26 heavy (non-hydrogen) atoms. The first-order chi connectivity index (χ1) is 12.7. The minimum atomic E-state index is -0.460. The Bertz CT molecular complexity index is 512. The molecule has 1 aromatic carbocycles. The molecular weight excluding hydrogens is 320 g/mol. The number of benzene rings is 1. The van der Waals surface area contributed by atoms with E-state index in [1.807, 2.05) is 0 Å². The lowest BCUT2D eigenvalue weighted by Gasteiger charge is -2.42. The first-order valence-corrected chi connectivity index (χ1v) is 10.8. The van der Waals surface area contributed by atoms with Crippen LogP contribution in [0.4, 0.5) is 0 Å². The summed E-state index contributed by atoms with van der Waals surface area (Å²) < 4.78 is 0. The topological polar surface area (TPSA) is 26.7 Å². The van der Waals surface area contributed by atoms with Crippen LogP contribution in [0.15, 0.2) is 30.3 Å². The monoisotopic (exact) mass is 358 g/mol. The molecule has 1 saturated carbocycles. The van der Waals surface area contributed by atoms with Crippen LogP contribution in [0, 0.1) is 5.92 Å². The van der Waals surface area contributed by atoms with Gasteiger partial charge in [-0.15, -0.1) is 0 Å². The highest BCUT2D eigenvalue weighted by Crippen LogP contribution is 2.36. The molecule has 0 radical (unpaired) electrons. The van der Waals surface area contributed by atoms with E-state index in [1.54, 1.807) is 0 Å². The zero-order valence-electron chi connectivity index (χ0n) is 16.7. The summed E-state index contributed by atoms with van der Waals surface area (Å²) in [5, 5.41) is 11.7. The maximum absolute atomic E-state index is 11.7. The third-order valence-electron chi connectivity index (χ3n) is 6.66. The second-order valence-electron chi connectivity index (χ2n) is 8.70. The number of rotatable bonds is 6. The van der Waals surface area contributed by atoms with Crippen molar-refractivity contribution in [3.8, 4) is 0 Å². The molecule has 146 valence electrons. The quantitative estimate of drug-likeness (QED) is 0.834. The molecule has 3 rings (SSSR count). The molecule has 1 aliphatic heterocycles. The van der Waals surface area contributed by atoms with E-state index in [-0.39, 0.29) is 0 Å². The second kappa shape index (κ2) is 9.87. The molecule has 0 amide bonds. The Morgan fingerprint density at radius 1 is 1.00 bits per heavy atom. The Morgan fingerprint density at radius 2 is 1.73 bits per heavy atom. The van der Waals surface area contributed by atoms with Crippen molar-refractivity contribution in [3.05, 3.63) is 35.9 Å². The van der Waals surface area contributed by atoms with Gasteiger partial charge in [0.1, 0.15) is 0 Å². The lowest BCUT2D eigenvalue weighted by molar-refractivity contribution is -0.0589. The number of aryl methyl sites for hydroxylation is 1. The van der Waals surface area contributed by atoms with Crippen LogP contribution >= 0.6 is 0 Å². The van der Waals surface area contributed by atoms with Crippen LogP contribution in [0.1, 0.15) is 56.9 Å². The van der Waals surface area contributed by atoms with Crippen LogP contribution in [0.2, 0.25) is 0 Å². The summed E-state index contributed by atoms with van der Waals surface area (Å²) in [5.41, 5.74) is 0.941. The van der Waals surface area contributed by atoms with E-state index >= 15 is 0 Å². The van der Waals surface area contributed by atoms with E-state index < -0.39 is 5.60 Å². The minimum Gasteiger partial charge on any atom is -0.390 e. The standard InChI is InChI=1S/C23H38N2O/c1-24-16-18-25(19-17-24)20-22-13-7-2-3-8-14-23(22,26)15-9-12-21-10-5-4-6-11-21/h4-6,10-11,22,26H,2-3,7-9,12-20H2,1H3. The van der Waals surface area contributed by atoms with Gasteiger partial charge in [-0.2, -0.15) is 0 Å². The summed E-state index contributed by atoms with van der Waals surface area (Å²) in [6.45, 7) is 5.74.